The number of nitriles is 1. The average molecular weight is 294 g/mol. The molecule has 1 heterocycles. The molecule has 1 fully saturated rings. The Morgan fingerprint density at radius 3 is 2.50 bits per heavy atom. The summed E-state index contributed by atoms with van der Waals surface area (Å²) in [4.78, 5) is 4.45. The van der Waals surface area contributed by atoms with Crippen LogP contribution in [0.2, 0.25) is 5.02 Å². The highest BCUT2D eigenvalue weighted by Crippen LogP contribution is 2.25. The van der Waals surface area contributed by atoms with Gasteiger partial charge in [-0.05, 0) is 32.0 Å². The van der Waals surface area contributed by atoms with Crippen LogP contribution in [0, 0.1) is 11.3 Å². The number of nitrogens with zero attached hydrogens (tertiary/aromatic N) is 3. The van der Waals surface area contributed by atoms with Crippen LogP contribution in [-0.2, 0) is 0 Å². The molecule has 108 valence electrons. The van der Waals surface area contributed by atoms with Crippen molar-refractivity contribution >= 4 is 17.3 Å². The largest absolute Gasteiger partial charge is 0.389 e. The van der Waals surface area contributed by atoms with E-state index >= 15 is 0 Å². The number of hydrogen-bond acceptors (Lipinski definition) is 4. The van der Waals surface area contributed by atoms with Crippen molar-refractivity contribution in [2.45, 2.75) is 19.4 Å². The molecule has 1 aliphatic rings. The Morgan fingerprint density at radius 2 is 1.95 bits per heavy atom. The molecule has 0 aromatic heterocycles. The van der Waals surface area contributed by atoms with Crippen LogP contribution in [0.15, 0.2) is 18.2 Å². The SMILES string of the molecule is CC(C)(O)CN1CCN(c2ccc(Cl)cc2C#N)CC1. The molecule has 2 rings (SSSR count). The lowest BCUT2D eigenvalue weighted by Crippen LogP contribution is -2.50. The summed E-state index contributed by atoms with van der Waals surface area (Å²) in [6, 6.07) is 7.64. The first-order valence-electron chi connectivity index (χ1n) is 6.78. The maximum Gasteiger partial charge on any atom is 0.101 e. The molecule has 0 atom stereocenters. The topological polar surface area (TPSA) is 50.5 Å². The fraction of sp³-hybridized carbons (Fsp3) is 0.533. The molecule has 0 bridgehead atoms. The predicted octanol–water partition coefficient (Wildman–Crippen LogP) is 2.10. The van der Waals surface area contributed by atoms with Gasteiger partial charge in [0.15, 0.2) is 0 Å². The molecule has 0 saturated carbocycles. The maximum absolute atomic E-state index is 9.85. The first-order valence-corrected chi connectivity index (χ1v) is 7.16. The molecule has 5 heteroatoms. The summed E-state index contributed by atoms with van der Waals surface area (Å²) in [7, 11) is 0. The Morgan fingerprint density at radius 1 is 1.30 bits per heavy atom. The standard InChI is InChI=1S/C15H20ClN3O/c1-15(2,20)11-18-5-7-19(8-6-18)14-4-3-13(16)9-12(14)10-17/h3-4,9,20H,5-8,11H2,1-2H3. The molecule has 4 nitrogen and oxygen atoms in total. The highest BCUT2D eigenvalue weighted by molar-refractivity contribution is 6.30. The summed E-state index contributed by atoms with van der Waals surface area (Å²) >= 11 is 5.92. The average Bonchev–Trinajstić information content (AvgIpc) is 2.38. The molecular weight excluding hydrogens is 274 g/mol. The normalized spacial score (nSPS) is 17.1. The van der Waals surface area contributed by atoms with Crippen molar-refractivity contribution < 1.29 is 5.11 Å². The van der Waals surface area contributed by atoms with Gasteiger partial charge in [0.1, 0.15) is 6.07 Å². The Balaban J connectivity index is 2.03. The number of β-amino-alcohol motifs (C(OH)–C–C–N with tert-alkyl or cyclic N) is 1. The van der Waals surface area contributed by atoms with Crippen LogP contribution in [0.5, 0.6) is 0 Å². The molecule has 20 heavy (non-hydrogen) atoms. The fourth-order valence-electron chi connectivity index (χ4n) is 2.57. The summed E-state index contributed by atoms with van der Waals surface area (Å²) in [5, 5.41) is 19.6. The number of rotatable bonds is 3. The van der Waals surface area contributed by atoms with Crippen molar-refractivity contribution in [1.29, 1.82) is 5.26 Å². The number of halogens is 1. The molecule has 0 aliphatic carbocycles. The van der Waals surface area contributed by atoms with Crippen LogP contribution < -0.4 is 4.90 Å². The third-order valence-corrected chi connectivity index (χ3v) is 3.64. The third kappa shape index (κ3) is 3.86. The molecule has 1 aliphatic heterocycles. The minimum atomic E-state index is -0.666. The quantitative estimate of drug-likeness (QED) is 0.927. The summed E-state index contributed by atoms with van der Waals surface area (Å²) in [6.45, 7) is 7.80. The van der Waals surface area contributed by atoms with Crippen LogP contribution in [0.25, 0.3) is 0 Å². The van der Waals surface area contributed by atoms with Crippen molar-refractivity contribution in [2.75, 3.05) is 37.6 Å². The van der Waals surface area contributed by atoms with E-state index in [9.17, 15) is 10.4 Å². The van der Waals surface area contributed by atoms with Gasteiger partial charge in [-0.1, -0.05) is 11.6 Å². The minimum absolute atomic E-state index is 0.589. The molecule has 0 unspecified atom stereocenters. The van der Waals surface area contributed by atoms with E-state index in [0.717, 1.165) is 31.9 Å². The lowest BCUT2D eigenvalue weighted by molar-refractivity contribution is 0.0345. The zero-order chi connectivity index (χ0) is 14.8. The zero-order valence-electron chi connectivity index (χ0n) is 11.9. The van der Waals surface area contributed by atoms with Crippen LogP contribution >= 0.6 is 11.6 Å². The lowest BCUT2D eigenvalue weighted by atomic mass is 10.1. The fourth-order valence-corrected chi connectivity index (χ4v) is 2.74. The number of anilines is 1. The summed E-state index contributed by atoms with van der Waals surface area (Å²) < 4.78 is 0. The molecule has 1 aromatic rings. The zero-order valence-corrected chi connectivity index (χ0v) is 12.7. The first kappa shape index (κ1) is 15.1. The van der Waals surface area contributed by atoms with Gasteiger partial charge in [0, 0.05) is 37.7 Å². The summed E-state index contributed by atoms with van der Waals surface area (Å²) in [5.74, 6) is 0. The van der Waals surface area contributed by atoms with Gasteiger partial charge < -0.3 is 10.0 Å². The lowest BCUT2D eigenvalue weighted by Gasteiger charge is -2.38. The predicted molar refractivity (Wildman–Crippen MR) is 81.1 cm³/mol. The Bertz CT molecular complexity index is 511. The third-order valence-electron chi connectivity index (χ3n) is 3.40. The van der Waals surface area contributed by atoms with Gasteiger partial charge in [-0.15, -0.1) is 0 Å². The van der Waals surface area contributed by atoms with Crippen LogP contribution in [-0.4, -0.2) is 48.3 Å². The highest BCUT2D eigenvalue weighted by Gasteiger charge is 2.23. The monoisotopic (exact) mass is 293 g/mol. The van der Waals surface area contributed by atoms with E-state index in [2.05, 4.69) is 15.9 Å². The summed E-state index contributed by atoms with van der Waals surface area (Å²) in [6.07, 6.45) is 0. The van der Waals surface area contributed by atoms with Crippen molar-refractivity contribution in [3.05, 3.63) is 28.8 Å². The van der Waals surface area contributed by atoms with Gasteiger partial charge in [-0.25, -0.2) is 0 Å². The van der Waals surface area contributed by atoms with Crippen LogP contribution in [0.3, 0.4) is 0 Å². The van der Waals surface area contributed by atoms with Gasteiger partial charge in [0.2, 0.25) is 0 Å². The maximum atomic E-state index is 9.85. The minimum Gasteiger partial charge on any atom is -0.389 e. The molecule has 1 N–H and O–H groups in total. The molecule has 0 radical (unpaired) electrons. The molecular formula is C15H20ClN3O. The first-order chi connectivity index (χ1) is 9.39. The second kappa shape index (κ2) is 6.01. The Hall–Kier alpha value is -1.28. The van der Waals surface area contributed by atoms with E-state index < -0.39 is 5.60 Å². The summed E-state index contributed by atoms with van der Waals surface area (Å²) in [5.41, 5.74) is 0.897. The smallest absolute Gasteiger partial charge is 0.101 e. The number of piperazine rings is 1. The Kier molecular flexibility index (Phi) is 4.54. The van der Waals surface area contributed by atoms with Gasteiger partial charge in [-0.2, -0.15) is 5.26 Å². The van der Waals surface area contributed by atoms with Crippen molar-refractivity contribution in [2.24, 2.45) is 0 Å². The van der Waals surface area contributed by atoms with E-state index in [1.807, 2.05) is 26.0 Å². The number of benzene rings is 1. The second-order valence-electron chi connectivity index (χ2n) is 5.85. The van der Waals surface area contributed by atoms with E-state index in [1.54, 1.807) is 6.07 Å². The van der Waals surface area contributed by atoms with Gasteiger partial charge in [-0.3, -0.25) is 4.90 Å². The number of aliphatic hydroxyl groups is 1. The van der Waals surface area contributed by atoms with E-state index in [4.69, 9.17) is 11.6 Å². The molecule has 0 amide bonds. The van der Waals surface area contributed by atoms with Crippen LogP contribution in [0.4, 0.5) is 5.69 Å². The number of hydrogen-bond donors (Lipinski definition) is 1. The van der Waals surface area contributed by atoms with Crippen molar-refractivity contribution in [1.82, 2.24) is 4.90 Å². The van der Waals surface area contributed by atoms with Gasteiger partial charge >= 0.3 is 0 Å². The van der Waals surface area contributed by atoms with E-state index in [1.165, 1.54) is 0 Å². The van der Waals surface area contributed by atoms with Crippen LogP contribution in [0.1, 0.15) is 19.4 Å². The molecule has 0 spiro atoms. The van der Waals surface area contributed by atoms with Crippen molar-refractivity contribution in [3.63, 3.8) is 0 Å². The molecule has 1 saturated heterocycles. The van der Waals surface area contributed by atoms with E-state index in [0.29, 0.717) is 17.1 Å². The van der Waals surface area contributed by atoms with E-state index in [-0.39, 0.29) is 0 Å². The van der Waals surface area contributed by atoms with Crippen molar-refractivity contribution in [3.8, 4) is 6.07 Å². The second-order valence-corrected chi connectivity index (χ2v) is 6.29. The van der Waals surface area contributed by atoms with Gasteiger partial charge in [0.25, 0.3) is 0 Å². The van der Waals surface area contributed by atoms with Gasteiger partial charge in [0.05, 0.1) is 16.9 Å². The Labute approximate surface area is 125 Å². The molecule has 1 aromatic carbocycles. The highest BCUT2D eigenvalue weighted by atomic mass is 35.5.